The fourth-order valence-electron chi connectivity index (χ4n) is 6.73. The van der Waals surface area contributed by atoms with E-state index in [0.717, 1.165) is 122 Å². The van der Waals surface area contributed by atoms with Crippen LogP contribution < -0.4 is 0 Å². The smallest absolute Gasteiger partial charge is 0.306 e. The van der Waals surface area contributed by atoms with E-state index in [1.54, 1.807) is 0 Å². The third kappa shape index (κ3) is 49.2. The fraction of sp³-hybridized carbons (Fsp3) is 0.667. The Morgan fingerprint density at radius 2 is 0.619 bits per heavy atom. The highest BCUT2D eigenvalue weighted by molar-refractivity contribution is 5.71. The molecule has 0 aliphatic heterocycles. The average molecular weight is 875 g/mol. The third-order valence-corrected chi connectivity index (χ3v) is 10.6. The lowest BCUT2D eigenvalue weighted by Gasteiger charge is -2.18. The van der Waals surface area contributed by atoms with E-state index in [1.807, 2.05) is 0 Å². The molecule has 6 nitrogen and oxygen atoms in total. The molecule has 0 aromatic carbocycles. The van der Waals surface area contributed by atoms with E-state index in [2.05, 4.69) is 118 Å². The number of hydrogen-bond acceptors (Lipinski definition) is 6. The Labute approximate surface area is 387 Å². The van der Waals surface area contributed by atoms with Crippen molar-refractivity contribution in [2.75, 3.05) is 13.2 Å². The Morgan fingerprint density at radius 3 is 1.02 bits per heavy atom. The van der Waals surface area contributed by atoms with Crippen molar-refractivity contribution in [3.63, 3.8) is 0 Å². The Morgan fingerprint density at radius 1 is 0.333 bits per heavy atom. The summed E-state index contributed by atoms with van der Waals surface area (Å²) in [5, 5.41) is 0. The molecule has 0 heterocycles. The van der Waals surface area contributed by atoms with Crippen molar-refractivity contribution >= 4 is 17.9 Å². The molecule has 0 aromatic rings. The Kier molecular flexibility index (Phi) is 48.0. The molecule has 0 aromatic heterocycles. The Balaban J connectivity index is 4.50. The van der Waals surface area contributed by atoms with Crippen LogP contribution in [0, 0.1) is 0 Å². The maximum absolute atomic E-state index is 12.8. The van der Waals surface area contributed by atoms with Crippen molar-refractivity contribution in [1.82, 2.24) is 0 Å². The van der Waals surface area contributed by atoms with Crippen molar-refractivity contribution in [3.8, 4) is 0 Å². The highest BCUT2D eigenvalue weighted by atomic mass is 16.6. The van der Waals surface area contributed by atoms with E-state index in [0.29, 0.717) is 19.3 Å². The van der Waals surface area contributed by atoms with Crippen LogP contribution >= 0.6 is 0 Å². The van der Waals surface area contributed by atoms with Crippen molar-refractivity contribution in [2.45, 2.75) is 232 Å². The van der Waals surface area contributed by atoms with E-state index < -0.39 is 6.10 Å². The van der Waals surface area contributed by atoms with Gasteiger partial charge in [-0.3, -0.25) is 14.4 Å². The van der Waals surface area contributed by atoms with Gasteiger partial charge in [-0.15, -0.1) is 0 Å². The number of carbonyl (C=O) groups excluding carboxylic acids is 3. The van der Waals surface area contributed by atoms with Crippen LogP contribution in [0.25, 0.3) is 0 Å². The summed E-state index contributed by atoms with van der Waals surface area (Å²) in [5.74, 6) is -0.969. The minimum Gasteiger partial charge on any atom is -0.462 e. The van der Waals surface area contributed by atoms with Gasteiger partial charge in [-0.05, 0) is 116 Å². The van der Waals surface area contributed by atoms with Gasteiger partial charge in [-0.25, -0.2) is 0 Å². The van der Waals surface area contributed by atoms with Crippen LogP contribution in [0.1, 0.15) is 226 Å². The zero-order valence-corrected chi connectivity index (χ0v) is 40.8. The van der Waals surface area contributed by atoms with Gasteiger partial charge < -0.3 is 14.2 Å². The molecule has 6 heteroatoms. The summed E-state index contributed by atoms with van der Waals surface area (Å²) < 4.78 is 16.7. The van der Waals surface area contributed by atoms with Crippen LogP contribution in [0.4, 0.5) is 0 Å². The molecule has 0 saturated heterocycles. The van der Waals surface area contributed by atoms with Gasteiger partial charge in [0.15, 0.2) is 6.10 Å². The van der Waals surface area contributed by atoms with E-state index in [4.69, 9.17) is 14.2 Å². The van der Waals surface area contributed by atoms with Gasteiger partial charge in [0.2, 0.25) is 0 Å². The molecular formula is C57H94O6. The standard InChI is InChI=1S/C57H94O6/c1-4-7-10-13-16-19-22-25-28-31-34-37-40-43-46-49-55(58)61-52-54(63-57(60)51-48-45-42-39-36-33-30-27-24-21-18-15-12-9-6-3)53-62-56(59)50-47-44-41-38-35-32-29-26-23-20-17-14-11-8-5-2/h7,9-10,12,16,18-21,23,25,27-28,30,34,37,54H,4-6,8,11,13-15,17,22,24,26,29,31-33,35-36,38-53H2,1-3H3/b10-7-,12-9-,19-16-,21-18-,23-20-,28-25-,30-27-,37-34-/t54-/m1/s1. The second-order valence-corrected chi connectivity index (χ2v) is 16.7. The lowest BCUT2D eigenvalue weighted by molar-refractivity contribution is -0.167. The molecule has 0 radical (unpaired) electrons. The number of carbonyl (C=O) groups is 3. The third-order valence-electron chi connectivity index (χ3n) is 10.6. The van der Waals surface area contributed by atoms with E-state index in [1.165, 1.54) is 64.2 Å². The topological polar surface area (TPSA) is 78.9 Å². The molecule has 0 aliphatic carbocycles. The minimum absolute atomic E-state index is 0.101. The lowest BCUT2D eigenvalue weighted by Crippen LogP contribution is -2.30. The van der Waals surface area contributed by atoms with E-state index in [-0.39, 0.29) is 31.1 Å². The fourth-order valence-corrected chi connectivity index (χ4v) is 6.73. The van der Waals surface area contributed by atoms with E-state index >= 15 is 0 Å². The summed E-state index contributed by atoms with van der Waals surface area (Å²) >= 11 is 0. The quantitative estimate of drug-likeness (QED) is 0.0262. The molecule has 0 fully saturated rings. The SMILES string of the molecule is CC/C=C\C/C=C\C/C=C\C/C=C\CCCCC(=O)OC[C@H](COC(=O)CCCCCCCCC/C=C\CCCCCC)OC(=O)CCCCCCC/C=C\C/C=C\C/C=C\CC. The maximum atomic E-state index is 12.8. The molecule has 0 aliphatic rings. The van der Waals surface area contributed by atoms with Crippen LogP contribution in [0.3, 0.4) is 0 Å². The first-order chi connectivity index (χ1) is 31.0. The van der Waals surface area contributed by atoms with Gasteiger partial charge in [0, 0.05) is 19.3 Å². The van der Waals surface area contributed by atoms with Gasteiger partial charge in [0.1, 0.15) is 13.2 Å². The van der Waals surface area contributed by atoms with Gasteiger partial charge in [0.05, 0.1) is 0 Å². The molecule has 0 spiro atoms. The van der Waals surface area contributed by atoms with Crippen LogP contribution in [0.2, 0.25) is 0 Å². The minimum atomic E-state index is -0.805. The highest BCUT2D eigenvalue weighted by Gasteiger charge is 2.19. The Hall–Kier alpha value is -3.67. The summed E-state index contributed by atoms with van der Waals surface area (Å²) in [6.45, 7) is 6.34. The van der Waals surface area contributed by atoms with Gasteiger partial charge in [0.25, 0.3) is 0 Å². The molecule has 0 bridgehead atoms. The van der Waals surface area contributed by atoms with Crippen molar-refractivity contribution in [2.24, 2.45) is 0 Å². The first kappa shape index (κ1) is 59.3. The summed E-state index contributed by atoms with van der Waals surface area (Å²) in [6, 6.07) is 0. The summed E-state index contributed by atoms with van der Waals surface area (Å²) in [7, 11) is 0. The zero-order chi connectivity index (χ0) is 45.8. The molecule has 0 rings (SSSR count). The largest absolute Gasteiger partial charge is 0.462 e. The highest BCUT2D eigenvalue weighted by Crippen LogP contribution is 2.13. The number of ether oxygens (including phenoxy) is 3. The van der Waals surface area contributed by atoms with Crippen LogP contribution in [0.15, 0.2) is 97.2 Å². The average Bonchev–Trinajstić information content (AvgIpc) is 3.28. The molecule has 63 heavy (non-hydrogen) atoms. The molecule has 0 saturated carbocycles. The van der Waals surface area contributed by atoms with Crippen molar-refractivity contribution in [1.29, 1.82) is 0 Å². The number of hydrogen-bond donors (Lipinski definition) is 0. The summed E-state index contributed by atoms with van der Waals surface area (Å²) in [5.41, 5.74) is 0. The van der Waals surface area contributed by atoms with Crippen LogP contribution in [-0.2, 0) is 28.6 Å². The lowest BCUT2D eigenvalue weighted by atomic mass is 10.1. The van der Waals surface area contributed by atoms with Crippen LogP contribution in [-0.4, -0.2) is 37.2 Å². The van der Waals surface area contributed by atoms with E-state index in [9.17, 15) is 14.4 Å². The molecule has 358 valence electrons. The maximum Gasteiger partial charge on any atom is 0.306 e. The van der Waals surface area contributed by atoms with Crippen molar-refractivity contribution < 1.29 is 28.6 Å². The van der Waals surface area contributed by atoms with Gasteiger partial charge in [-0.2, -0.15) is 0 Å². The van der Waals surface area contributed by atoms with Crippen molar-refractivity contribution in [3.05, 3.63) is 97.2 Å². The molecule has 0 N–H and O–H groups in total. The molecular weight excluding hydrogens is 781 g/mol. The first-order valence-electron chi connectivity index (χ1n) is 25.7. The second kappa shape index (κ2) is 51.0. The first-order valence-corrected chi connectivity index (χ1v) is 25.7. The number of rotatable bonds is 45. The number of unbranched alkanes of at least 4 members (excludes halogenated alkanes) is 18. The monoisotopic (exact) mass is 875 g/mol. The normalized spacial score (nSPS) is 12.9. The predicted molar refractivity (Wildman–Crippen MR) is 270 cm³/mol. The zero-order valence-electron chi connectivity index (χ0n) is 40.8. The number of allylic oxidation sites excluding steroid dienone is 16. The summed E-state index contributed by atoms with van der Waals surface area (Å²) in [4.78, 5) is 38.0. The van der Waals surface area contributed by atoms with Crippen LogP contribution in [0.5, 0.6) is 0 Å². The predicted octanol–water partition coefficient (Wildman–Crippen LogP) is 17.0. The molecule has 0 unspecified atom stereocenters. The Bertz CT molecular complexity index is 1280. The molecule has 1 atom stereocenters. The van der Waals surface area contributed by atoms with Gasteiger partial charge >= 0.3 is 17.9 Å². The molecule has 0 amide bonds. The second-order valence-electron chi connectivity index (χ2n) is 16.7. The summed E-state index contributed by atoms with van der Waals surface area (Å²) in [6.07, 6.45) is 66.7. The number of esters is 3. The van der Waals surface area contributed by atoms with Gasteiger partial charge in [-0.1, -0.05) is 189 Å².